The van der Waals surface area contributed by atoms with E-state index in [-0.39, 0.29) is 15.6 Å². The van der Waals surface area contributed by atoms with Gasteiger partial charge in [-0.25, -0.2) is 13.1 Å². The number of halogens is 1. The second kappa shape index (κ2) is 7.56. The van der Waals surface area contributed by atoms with E-state index in [1.54, 1.807) is 7.05 Å². The molecule has 1 heterocycles. The van der Waals surface area contributed by atoms with E-state index in [1.165, 1.54) is 6.07 Å². The first-order valence-corrected chi connectivity index (χ1v) is 8.63. The van der Waals surface area contributed by atoms with Gasteiger partial charge in [-0.3, -0.25) is 0 Å². The molecule has 0 aromatic carbocycles. The van der Waals surface area contributed by atoms with Crippen molar-refractivity contribution in [3.63, 3.8) is 0 Å². The summed E-state index contributed by atoms with van der Waals surface area (Å²) < 4.78 is 32.8. The Balaban J connectivity index is 2.77. The van der Waals surface area contributed by atoms with E-state index < -0.39 is 10.0 Å². The van der Waals surface area contributed by atoms with E-state index in [9.17, 15) is 8.42 Å². The molecule has 6 nitrogen and oxygen atoms in total. The third-order valence-corrected chi connectivity index (χ3v) is 5.16. The van der Waals surface area contributed by atoms with Crippen molar-refractivity contribution in [3.8, 4) is 0 Å². The number of hydrogen-bond acceptors (Lipinski definition) is 5. The van der Waals surface area contributed by atoms with E-state index in [0.717, 1.165) is 13.0 Å². The molecule has 0 amide bonds. The van der Waals surface area contributed by atoms with Crippen LogP contribution in [0.1, 0.15) is 19.1 Å². The highest BCUT2D eigenvalue weighted by Crippen LogP contribution is 2.26. The molecular formula is C12H22BrN3O3S. The third kappa shape index (κ3) is 5.17. The summed E-state index contributed by atoms with van der Waals surface area (Å²) in [6.07, 6.45) is 0.741. The molecule has 1 rings (SSSR count). The molecule has 116 valence electrons. The molecule has 0 spiro atoms. The lowest BCUT2D eigenvalue weighted by molar-refractivity contribution is 0.379. The molecule has 0 fully saturated rings. The summed E-state index contributed by atoms with van der Waals surface area (Å²) in [5.41, 5.74) is 0. The standard InChI is InChI=1S/C12H22BrN3O3S/c1-9(5-6-16(3)4)15-20(17,18)11-7-10(8-14-2)19-12(11)13/h7,9,14-15H,5-6,8H2,1-4H3. The van der Waals surface area contributed by atoms with Crippen LogP contribution in [0.4, 0.5) is 0 Å². The van der Waals surface area contributed by atoms with Crippen LogP contribution in [0.5, 0.6) is 0 Å². The van der Waals surface area contributed by atoms with Gasteiger partial charge in [0.15, 0.2) is 4.67 Å². The van der Waals surface area contributed by atoms with E-state index in [2.05, 4.69) is 26.0 Å². The fourth-order valence-electron chi connectivity index (χ4n) is 1.68. The Hall–Kier alpha value is -0.410. The fraction of sp³-hybridized carbons (Fsp3) is 0.667. The van der Waals surface area contributed by atoms with Gasteiger partial charge in [-0.15, -0.1) is 0 Å². The van der Waals surface area contributed by atoms with E-state index in [1.807, 2.05) is 25.9 Å². The molecule has 0 aliphatic rings. The van der Waals surface area contributed by atoms with Crippen molar-refractivity contribution in [2.75, 3.05) is 27.7 Å². The molecule has 0 aliphatic heterocycles. The van der Waals surface area contributed by atoms with Crippen molar-refractivity contribution in [1.82, 2.24) is 14.9 Å². The molecule has 0 saturated heterocycles. The van der Waals surface area contributed by atoms with Crippen LogP contribution >= 0.6 is 15.9 Å². The van der Waals surface area contributed by atoms with Crippen molar-refractivity contribution in [1.29, 1.82) is 0 Å². The number of furan rings is 1. The normalized spacial score (nSPS) is 13.9. The Morgan fingerprint density at radius 3 is 2.65 bits per heavy atom. The number of nitrogens with one attached hydrogen (secondary N) is 2. The summed E-state index contributed by atoms with van der Waals surface area (Å²) >= 11 is 3.15. The minimum atomic E-state index is -3.57. The van der Waals surface area contributed by atoms with Gasteiger partial charge in [0.25, 0.3) is 0 Å². The van der Waals surface area contributed by atoms with Crippen molar-refractivity contribution in [3.05, 3.63) is 16.5 Å². The first-order valence-electron chi connectivity index (χ1n) is 6.36. The molecule has 1 unspecified atom stereocenters. The van der Waals surface area contributed by atoms with Gasteiger partial charge in [0, 0.05) is 12.1 Å². The molecule has 0 aliphatic carbocycles. The smallest absolute Gasteiger partial charge is 0.245 e. The molecule has 0 saturated carbocycles. The molecular weight excluding hydrogens is 346 g/mol. The summed E-state index contributed by atoms with van der Waals surface area (Å²) in [6.45, 7) is 3.15. The molecule has 0 bridgehead atoms. The van der Waals surface area contributed by atoms with E-state index in [0.29, 0.717) is 12.3 Å². The molecule has 1 aromatic rings. The maximum absolute atomic E-state index is 12.3. The zero-order chi connectivity index (χ0) is 15.3. The lowest BCUT2D eigenvalue weighted by Gasteiger charge is -2.16. The lowest BCUT2D eigenvalue weighted by atomic mass is 10.2. The Kier molecular flexibility index (Phi) is 6.67. The van der Waals surface area contributed by atoms with Crippen molar-refractivity contribution >= 4 is 26.0 Å². The summed E-state index contributed by atoms with van der Waals surface area (Å²) in [7, 11) is 2.11. The fourth-order valence-corrected chi connectivity index (χ4v) is 3.96. The van der Waals surface area contributed by atoms with E-state index in [4.69, 9.17) is 4.42 Å². The van der Waals surface area contributed by atoms with Crippen LogP contribution in [0.3, 0.4) is 0 Å². The minimum absolute atomic E-state index is 0.138. The first kappa shape index (κ1) is 17.6. The zero-order valence-electron chi connectivity index (χ0n) is 12.2. The van der Waals surface area contributed by atoms with Crippen LogP contribution in [0.15, 0.2) is 20.0 Å². The lowest BCUT2D eigenvalue weighted by Crippen LogP contribution is -2.34. The van der Waals surface area contributed by atoms with Gasteiger partial charge < -0.3 is 14.6 Å². The van der Waals surface area contributed by atoms with Crippen molar-refractivity contribution in [2.45, 2.75) is 30.8 Å². The number of rotatable bonds is 8. The maximum Gasteiger partial charge on any atom is 0.245 e. The van der Waals surface area contributed by atoms with Crippen LogP contribution in [-0.4, -0.2) is 47.0 Å². The summed E-state index contributed by atoms with van der Waals surface area (Å²) in [4.78, 5) is 2.16. The van der Waals surface area contributed by atoms with Gasteiger partial charge in [-0.05, 0) is 57.0 Å². The van der Waals surface area contributed by atoms with Crippen LogP contribution in [0.2, 0.25) is 0 Å². The highest BCUT2D eigenvalue weighted by atomic mass is 79.9. The molecule has 2 N–H and O–H groups in total. The van der Waals surface area contributed by atoms with E-state index >= 15 is 0 Å². The average Bonchev–Trinajstić information content (AvgIpc) is 2.68. The van der Waals surface area contributed by atoms with Crippen LogP contribution in [-0.2, 0) is 16.6 Å². The Labute approximate surface area is 129 Å². The Morgan fingerprint density at radius 2 is 2.10 bits per heavy atom. The van der Waals surface area contributed by atoms with Crippen LogP contribution in [0, 0.1) is 0 Å². The van der Waals surface area contributed by atoms with Crippen molar-refractivity contribution < 1.29 is 12.8 Å². The number of sulfonamides is 1. The molecule has 0 radical (unpaired) electrons. The SMILES string of the molecule is CNCc1cc(S(=O)(=O)NC(C)CCN(C)C)c(Br)o1. The largest absolute Gasteiger partial charge is 0.452 e. The summed E-state index contributed by atoms with van der Waals surface area (Å²) in [6, 6.07) is 1.39. The summed E-state index contributed by atoms with van der Waals surface area (Å²) in [5, 5.41) is 2.91. The van der Waals surface area contributed by atoms with Gasteiger partial charge in [-0.1, -0.05) is 0 Å². The van der Waals surface area contributed by atoms with Gasteiger partial charge in [0.2, 0.25) is 10.0 Å². The highest BCUT2D eigenvalue weighted by molar-refractivity contribution is 9.10. The van der Waals surface area contributed by atoms with Gasteiger partial charge in [0.1, 0.15) is 10.7 Å². The Morgan fingerprint density at radius 1 is 1.45 bits per heavy atom. The van der Waals surface area contributed by atoms with Crippen LogP contribution < -0.4 is 10.0 Å². The second-order valence-corrected chi connectivity index (χ2v) is 7.40. The van der Waals surface area contributed by atoms with Crippen molar-refractivity contribution in [2.24, 2.45) is 0 Å². The third-order valence-electron chi connectivity index (χ3n) is 2.71. The van der Waals surface area contributed by atoms with Gasteiger partial charge in [0.05, 0.1) is 6.54 Å². The molecule has 1 atom stereocenters. The number of nitrogens with zero attached hydrogens (tertiary/aromatic N) is 1. The van der Waals surface area contributed by atoms with Gasteiger partial charge in [-0.2, -0.15) is 0 Å². The Bertz CT molecular complexity index is 528. The molecule has 20 heavy (non-hydrogen) atoms. The minimum Gasteiger partial charge on any atom is -0.452 e. The zero-order valence-corrected chi connectivity index (χ0v) is 14.6. The topological polar surface area (TPSA) is 74.6 Å². The predicted molar refractivity (Wildman–Crippen MR) is 82.1 cm³/mol. The second-order valence-electron chi connectivity index (χ2n) is 5.00. The first-order chi connectivity index (χ1) is 9.26. The maximum atomic E-state index is 12.3. The highest BCUT2D eigenvalue weighted by Gasteiger charge is 2.24. The van der Waals surface area contributed by atoms with Crippen LogP contribution in [0.25, 0.3) is 0 Å². The summed E-state index contributed by atoms with van der Waals surface area (Å²) in [5.74, 6) is 0.570. The number of hydrogen-bond donors (Lipinski definition) is 2. The average molecular weight is 368 g/mol. The predicted octanol–water partition coefficient (Wildman–Crippen LogP) is 1.38. The monoisotopic (exact) mass is 367 g/mol. The quantitative estimate of drug-likeness (QED) is 0.725. The molecule has 1 aromatic heterocycles. The molecule has 8 heteroatoms. The van der Waals surface area contributed by atoms with Gasteiger partial charge >= 0.3 is 0 Å².